The topological polar surface area (TPSA) is 29.9 Å². The third-order valence-electron chi connectivity index (χ3n) is 4.41. The number of rotatable bonds is 4. The summed E-state index contributed by atoms with van der Waals surface area (Å²) in [6.07, 6.45) is 9.19. The van der Waals surface area contributed by atoms with Gasteiger partial charge in [-0.2, -0.15) is 0 Å². The summed E-state index contributed by atoms with van der Waals surface area (Å²) in [5, 5.41) is 3.61. The van der Waals surface area contributed by atoms with Crippen LogP contribution in [0.15, 0.2) is 36.7 Å². The summed E-state index contributed by atoms with van der Waals surface area (Å²) in [6, 6.07) is 9.49. The van der Waals surface area contributed by atoms with Crippen LogP contribution < -0.4 is 5.32 Å². The molecule has 1 aromatic heterocycles. The van der Waals surface area contributed by atoms with Crippen LogP contribution in [0.4, 0.5) is 5.95 Å². The van der Waals surface area contributed by atoms with E-state index in [9.17, 15) is 0 Å². The molecule has 1 aliphatic carbocycles. The minimum Gasteiger partial charge on any atom is -0.353 e. The number of nitrogens with zero attached hydrogens (tertiary/aromatic N) is 2. The molecule has 0 amide bonds. The van der Waals surface area contributed by atoms with Gasteiger partial charge in [-0.05, 0) is 37.8 Å². The van der Waals surface area contributed by atoms with E-state index >= 15 is 0 Å². The molecule has 1 unspecified atom stereocenters. The number of nitrogens with one attached hydrogen (secondary N) is 1. The van der Waals surface area contributed by atoms with Crippen LogP contribution in [0.2, 0.25) is 0 Å². The molecule has 1 heterocycles. The van der Waals surface area contributed by atoms with Gasteiger partial charge < -0.3 is 9.88 Å². The fraction of sp³-hybridized carbons (Fsp3) is 0.471. The van der Waals surface area contributed by atoms with Crippen LogP contribution in [-0.4, -0.2) is 15.6 Å². The Hall–Kier alpha value is -1.77. The van der Waals surface area contributed by atoms with Crippen molar-refractivity contribution in [3.8, 4) is 0 Å². The third-order valence-corrected chi connectivity index (χ3v) is 4.41. The first-order valence-electron chi connectivity index (χ1n) is 7.60. The molecule has 0 saturated heterocycles. The van der Waals surface area contributed by atoms with Gasteiger partial charge in [0.1, 0.15) is 0 Å². The average molecular weight is 269 g/mol. The number of imidazole rings is 1. The quantitative estimate of drug-likeness (QED) is 0.903. The molecule has 3 nitrogen and oxygen atoms in total. The summed E-state index contributed by atoms with van der Waals surface area (Å²) in [4.78, 5) is 4.51. The molecule has 1 aromatic carbocycles. The summed E-state index contributed by atoms with van der Waals surface area (Å²) < 4.78 is 2.25. The van der Waals surface area contributed by atoms with E-state index in [1.165, 1.54) is 36.8 Å². The molecular formula is C17H23N3. The maximum atomic E-state index is 4.51. The first kappa shape index (κ1) is 13.2. The second kappa shape index (κ2) is 5.70. The number of hydrogen-bond acceptors (Lipinski definition) is 2. The number of benzene rings is 1. The lowest BCUT2D eigenvalue weighted by Gasteiger charge is -2.21. The summed E-state index contributed by atoms with van der Waals surface area (Å²) in [5.41, 5.74) is 2.69. The van der Waals surface area contributed by atoms with E-state index in [0.717, 1.165) is 5.95 Å². The van der Waals surface area contributed by atoms with Crippen molar-refractivity contribution in [2.45, 2.75) is 51.6 Å². The van der Waals surface area contributed by atoms with Gasteiger partial charge in [0.25, 0.3) is 0 Å². The van der Waals surface area contributed by atoms with Crippen molar-refractivity contribution >= 4 is 5.95 Å². The molecule has 0 spiro atoms. The van der Waals surface area contributed by atoms with Crippen molar-refractivity contribution in [2.75, 3.05) is 5.32 Å². The van der Waals surface area contributed by atoms with Crippen LogP contribution in [0.1, 0.15) is 49.8 Å². The minimum atomic E-state index is 0.308. The minimum absolute atomic E-state index is 0.308. The Kier molecular flexibility index (Phi) is 3.77. The Labute approximate surface area is 121 Å². The molecule has 3 rings (SSSR count). The highest BCUT2D eigenvalue weighted by Gasteiger charge is 2.19. The van der Waals surface area contributed by atoms with Crippen molar-refractivity contribution < 1.29 is 0 Å². The number of hydrogen-bond donors (Lipinski definition) is 1. The molecule has 1 N–H and O–H groups in total. The maximum absolute atomic E-state index is 4.51. The maximum Gasteiger partial charge on any atom is 0.203 e. The molecule has 106 valence electrons. The van der Waals surface area contributed by atoms with E-state index < -0.39 is 0 Å². The molecule has 2 aromatic rings. The van der Waals surface area contributed by atoms with Crippen LogP contribution in [0.5, 0.6) is 0 Å². The smallest absolute Gasteiger partial charge is 0.203 e. The Morgan fingerprint density at radius 2 is 2.00 bits per heavy atom. The molecule has 1 atom stereocenters. The second-order valence-electron chi connectivity index (χ2n) is 5.82. The van der Waals surface area contributed by atoms with E-state index in [2.05, 4.69) is 59.2 Å². The van der Waals surface area contributed by atoms with Crippen LogP contribution >= 0.6 is 0 Å². The average Bonchev–Trinajstić information content (AvgIpc) is 3.11. The van der Waals surface area contributed by atoms with Gasteiger partial charge >= 0.3 is 0 Å². The standard InChI is InChI=1S/C17H23N3/c1-13-7-3-6-10-16(13)14(2)20-12-11-18-17(20)19-15-8-4-5-9-15/h3,6-7,10-12,14-15H,4-5,8-9H2,1-2H3,(H,18,19). The van der Waals surface area contributed by atoms with Gasteiger partial charge in [-0.15, -0.1) is 0 Å². The number of anilines is 1. The highest BCUT2D eigenvalue weighted by molar-refractivity contribution is 5.34. The lowest BCUT2D eigenvalue weighted by molar-refractivity contribution is 0.627. The number of aryl methyl sites for hydroxylation is 1. The van der Waals surface area contributed by atoms with Crippen molar-refractivity contribution in [3.05, 3.63) is 47.8 Å². The zero-order valence-corrected chi connectivity index (χ0v) is 12.3. The lowest BCUT2D eigenvalue weighted by atomic mass is 10.0. The zero-order valence-electron chi connectivity index (χ0n) is 12.3. The Bertz CT molecular complexity index is 567. The van der Waals surface area contributed by atoms with E-state index in [1.54, 1.807) is 0 Å². The summed E-state index contributed by atoms with van der Waals surface area (Å²) in [7, 11) is 0. The Morgan fingerprint density at radius 1 is 1.25 bits per heavy atom. The molecule has 1 aliphatic rings. The molecular weight excluding hydrogens is 246 g/mol. The fourth-order valence-corrected chi connectivity index (χ4v) is 3.20. The van der Waals surface area contributed by atoms with Crippen molar-refractivity contribution in [1.29, 1.82) is 0 Å². The van der Waals surface area contributed by atoms with Gasteiger partial charge in [0.15, 0.2) is 0 Å². The van der Waals surface area contributed by atoms with E-state index in [-0.39, 0.29) is 0 Å². The fourth-order valence-electron chi connectivity index (χ4n) is 3.20. The Morgan fingerprint density at radius 3 is 2.75 bits per heavy atom. The van der Waals surface area contributed by atoms with Crippen LogP contribution in [0.25, 0.3) is 0 Å². The van der Waals surface area contributed by atoms with Crippen molar-refractivity contribution in [2.24, 2.45) is 0 Å². The van der Waals surface area contributed by atoms with Gasteiger partial charge in [0.05, 0.1) is 6.04 Å². The van der Waals surface area contributed by atoms with Crippen LogP contribution in [0.3, 0.4) is 0 Å². The van der Waals surface area contributed by atoms with Crippen molar-refractivity contribution in [1.82, 2.24) is 9.55 Å². The van der Waals surface area contributed by atoms with Crippen molar-refractivity contribution in [3.63, 3.8) is 0 Å². The van der Waals surface area contributed by atoms with E-state index in [0.29, 0.717) is 12.1 Å². The molecule has 0 radical (unpaired) electrons. The van der Waals surface area contributed by atoms with E-state index in [1.807, 2.05) is 6.20 Å². The SMILES string of the molecule is Cc1ccccc1C(C)n1ccnc1NC1CCCC1. The first-order valence-corrected chi connectivity index (χ1v) is 7.60. The van der Waals surface area contributed by atoms with Gasteiger partial charge in [-0.1, -0.05) is 37.1 Å². The summed E-state index contributed by atoms with van der Waals surface area (Å²) in [6.45, 7) is 4.41. The molecule has 3 heteroatoms. The number of aromatic nitrogens is 2. The van der Waals surface area contributed by atoms with Gasteiger partial charge in [0, 0.05) is 18.4 Å². The molecule has 1 saturated carbocycles. The normalized spacial score (nSPS) is 17.3. The predicted octanol–water partition coefficient (Wildman–Crippen LogP) is 4.16. The highest BCUT2D eigenvalue weighted by Crippen LogP contribution is 2.26. The first-order chi connectivity index (χ1) is 9.75. The molecule has 1 fully saturated rings. The predicted molar refractivity (Wildman–Crippen MR) is 83.1 cm³/mol. The van der Waals surface area contributed by atoms with Crippen LogP contribution in [-0.2, 0) is 0 Å². The van der Waals surface area contributed by atoms with Gasteiger partial charge in [-0.3, -0.25) is 0 Å². The van der Waals surface area contributed by atoms with Crippen LogP contribution in [0, 0.1) is 6.92 Å². The van der Waals surface area contributed by atoms with Gasteiger partial charge in [-0.25, -0.2) is 4.98 Å². The Balaban J connectivity index is 1.83. The highest BCUT2D eigenvalue weighted by atomic mass is 15.2. The largest absolute Gasteiger partial charge is 0.353 e. The summed E-state index contributed by atoms with van der Waals surface area (Å²) >= 11 is 0. The molecule has 0 bridgehead atoms. The third kappa shape index (κ3) is 2.58. The van der Waals surface area contributed by atoms with E-state index in [4.69, 9.17) is 0 Å². The lowest BCUT2D eigenvalue weighted by Crippen LogP contribution is -2.19. The summed E-state index contributed by atoms with van der Waals surface area (Å²) in [5.74, 6) is 1.01. The molecule has 20 heavy (non-hydrogen) atoms. The second-order valence-corrected chi connectivity index (χ2v) is 5.82. The van der Waals surface area contributed by atoms with Gasteiger partial charge in [0.2, 0.25) is 5.95 Å². The zero-order chi connectivity index (χ0) is 13.9. The monoisotopic (exact) mass is 269 g/mol. The molecule has 0 aliphatic heterocycles.